The summed E-state index contributed by atoms with van der Waals surface area (Å²) in [4.78, 5) is 0. The third kappa shape index (κ3) is 3.93. The highest BCUT2D eigenvalue weighted by Crippen LogP contribution is 2.35. The molecule has 0 amide bonds. The smallest absolute Gasteiger partial charge is 0.385 e. The molecule has 1 aromatic rings. The van der Waals surface area contributed by atoms with Gasteiger partial charge in [0.25, 0.3) is 0 Å². The molecule has 1 fully saturated rings. The highest BCUT2D eigenvalue weighted by molar-refractivity contribution is 5.31. The highest BCUT2D eigenvalue weighted by Gasteiger charge is 2.36. The average molecular weight is 307 g/mol. The zero-order chi connectivity index (χ0) is 15.7. The van der Waals surface area contributed by atoms with Crippen LogP contribution in [0.5, 0.6) is 0 Å². The Morgan fingerprint density at radius 1 is 1.38 bits per heavy atom. The van der Waals surface area contributed by atoms with Crippen LogP contribution in [-0.4, -0.2) is 30.9 Å². The van der Waals surface area contributed by atoms with Gasteiger partial charge in [0.15, 0.2) is 0 Å². The Labute approximate surface area is 119 Å². The number of hydrogen-bond donors (Lipinski definition) is 2. The Balaban J connectivity index is 2.23. The second kappa shape index (κ2) is 5.90. The predicted octanol–water partition coefficient (Wildman–Crippen LogP) is 2.43. The van der Waals surface area contributed by atoms with E-state index in [2.05, 4.69) is 5.32 Å². The molecule has 1 aromatic carbocycles. The van der Waals surface area contributed by atoms with Gasteiger partial charge in [-0.05, 0) is 31.0 Å². The number of rotatable bonds is 3. The lowest BCUT2D eigenvalue weighted by Crippen LogP contribution is -2.45. The second-order valence-corrected chi connectivity index (χ2v) is 5.40. The number of hydrogen-bond acceptors (Lipinski definition) is 3. The van der Waals surface area contributed by atoms with Crippen molar-refractivity contribution in [2.45, 2.75) is 31.2 Å². The first-order valence-electron chi connectivity index (χ1n) is 6.61. The molecule has 21 heavy (non-hydrogen) atoms. The maximum atomic E-state index is 13.3. The summed E-state index contributed by atoms with van der Waals surface area (Å²) < 4.78 is 56.7. The number of ether oxygens (including phenoxy) is 1. The Hall–Kier alpha value is -1.18. The van der Waals surface area contributed by atoms with E-state index in [0.717, 1.165) is 6.07 Å². The Morgan fingerprint density at radius 2 is 2.10 bits per heavy atom. The van der Waals surface area contributed by atoms with Crippen LogP contribution in [0.4, 0.5) is 17.6 Å². The van der Waals surface area contributed by atoms with E-state index in [0.29, 0.717) is 25.8 Å². The second-order valence-electron chi connectivity index (χ2n) is 5.40. The molecule has 1 saturated heterocycles. The van der Waals surface area contributed by atoms with E-state index < -0.39 is 23.2 Å². The van der Waals surface area contributed by atoms with Crippen molar-refractivity contribution in [2.75, 3.05) is 19.8 Å². The first kappa shape index (κ1) is 16.2. The lowest BCUT2D eigenvalue weighted by atomic mass is 9.88. The van der Waals surface area contributed by atoms with Gasteiger partial charge in [-0.2, -0.15) is 13.2 Å². The molecule has 2 rings (SSSR count). The molecule has 0 spiro atoms. The molecule has 1 heterocycles. The number of aliphatic hydroxyl groups is 1. The molecule has 7 heteroatoms. The van der Waals surface area contributed by atoms with Gasteiger partial charge in [0.2, 0.25) is 0 Å². The average Bonchev–Trinajstić information content (AvgIpc) is 2.38. The van der Waals surface area contributed by atoms with E-state index in [9.17, 15) is 22.7 Å². The normalized spacial score (nSPS) is 22.9. The van der Waals surface area contributed by atoms with Crippen LogP contribution >= 0.6 is 0 Å². The number of morpholine rings is 1. The summed E-state index contributed by atoms with van der Waals surface area (Å²) in [5.74, 6) is -1.35. The number of benzene rings is 1. The maximum absolute atomic E-state index is 13.3. The first-order valence-corrected chi connectivity index (χ1v) is 6.61. The van der Waals surface area contributed by atoms with E-state index in [-0.39, 0.29) is 18.0 Å². The lowest BCUT2D eigenvalue weighted by Gasteiger charge is -2.32. The Kier molecular flexibility index (Phi) is 4.55. The van der Waals surface area contributed by atoms with Crippen molar-refractivity contribution in [1.82, 2.24) is 5.32 Å². The monoisotopic (exact) mass is 307 g/mol. The predicted molar refractivity (Wildman–Crippen MR) is 68.2 cm³/mol. The van der Waals surface area contributed by atoms with Gasteiger partial charge in [-0.15, -0.1) is 0 Å². The molecule has 0 saturated carbocycles. The van der Waals surface area contributed by atoms with Crippen LogP contribution in [0.15, 0.2) is 18.2 Å². The van der Waals surface area contributed by atoms with Gasteiger partial charge in [-0.25, -0.2) is 4.39 Å². The number of alkyl halides is 3. The molecule has 0 aliphatic carbocycles. The molecule has 2 atom stereocenters. The van der Waals surface area contributed by atoms with Gasteiger partial charge >= 0.3 is 6.18 Å². The van der Waals surface area contributed by atoms with Crippen LogP contribution in [0.25, 0.3) is 0 Å². The van der Waals surface area contributed by atoms with Crippen molar-refractivity contribution in [2.24, 2.45) is 0 Å². The minimum atomic E-state index is -4.79. The molecule has 0 bridgehead atoms. The fourth-order valence-corrected chi connectivity index (χ4v) is 2.43. The fourth-order valence-electron chi connectivity index (χ4n) is 2.43. The summed E-state index contributed by atoms with van der Waals surface area (Å²) in [6.07, 6.45) is -4.61. The fraction of sp³-hybridized carbons (Fsp3) is 0.571. The van der Waals surface area contributed by atoms with Crippen molar-refractivity contribution < 1.29 is 27.4 Å². The van der Waals surface area contributed by atoms with Gasteiger partial charge in [-0.3, -0.25) is 0 Å². The van der Waals surface area contributed by atoms with Crippen LogP contribution < -0.4 is 5.32 Å². The van der Waals surface area contributed by atoms with Crippen LogP contribution in [0.1, 0.15) is 24.5 Å². The zero-order valence-corrected chi connectivity index (χ0v) is 11.5. The molecule has 2 N–H and O–H groups in total. The summed E-state index contributed by atoms with van der Waals surface area (Å²) in [5, 5.41) is 13.6. The van der Waals surface area contributed by atoms with Crippen molar-refractivity contribution in [3.8, 4) is 0 Å². The van der Waals surface area contributed by atoms with Crippen molar-refractivity contribution >= 4 is 0 Å². The molecular weight excluding hydrogens is 290 g/mol. The Morgan fingerprint density at radius 3 is 2.67 bits per heavy atom. The summed E-state index contributed by atoms with van der Waals surface area (Å²) in [6.45, 7) is 2.98. The largest absolute Gasteiger partial charge is 0.419 e. The minimum absolute atomic E-state index is 0.0311. The zero-order valence-electron chi connectivity index (χ0n) is 11.5. The van der Waals surface area contributed by atoms with Crippen LogP contribution in [0.2, 0.25) is 0 Å². The number of nitrogens with one attached hydrogen (secondary N) is 1. The summed E-state index contributed by atoms with van der Waals surface area (Å²) in [6, 6.07) is 2.41. The van der Waals surface area contributed by atoms with E-state index in [1.165, 1.54) is 13.0 Å². The van der Waals surface area contributed by atoms with E-state index in [1.807, 2.05) is 0 Å². The molecular formula is C14H17F4NO2. The first-order chi connectivity index (χ1) is 9.70. The van der Waals surface area contributed by atoms with Gasteiger partial charge < -0.3 is 15.2 Å². The van der Waals surface area contributed by atoms with Crippen LogP contribution in [0.3, 0.4) is 0 Å². The van der Waals surface area contributed by atoms with E-state index in [4.69, 9.17) is 4.74 Å². The van der Waals surface area contributed by atoms with Crippen LogP contribution in [-0.2, 0) is 16.5 Å². The van der Waals surface area contributed by atoms with Crippen LogP contribution in [0, 0.1) is 5.82 Å². The summed E-state index contributed by atoms with van der Waals surface area (Å²) in [7, 11) is 0. The lowest BCUT2D eigenvalue weighted by molar-refractivity contribution is -0.140. The van der Waals surface area contributed by atoms with Crippen molar-refractivity contribution in [3.05, 3.63) is 35.1 Å². The molecule has 1 aliphatic rings. The molecule has 2 unspecified atom stereocenters. The molecule has 118 valence electrons. The quantitative estimate of drug-likeness (QED) is 0.843. The summed E-state index contributed by atoms with van der Waals surface area (Å²) >= 11 is 0. The Bertz CT molecular complexity index is 496. The van der Waals surface area contributed by atoms with Gasteiger partial charge in [-0.1, -0.05) is 6.07 Å². The molecule has 3 nitrogen and oxygen atoms in total. The third-order valence-corrected chi connectivity index (χ3v) is 3.54. The molecule has 0 aromatic heterocycles. The van der Waals surface area contributed by atoms with Crippen molar-refractivity contribution in [1.29, 1.82) is 0 Å². The van der Waals surface area contributed by atoms with Gasteiger partial charge in [0.05, 0.1) is 24.4 Å². The highest BCUT2D eigenvalue weighted by atomic mass is 19.4. The van der Waals surface area contributed by atoms with Crippen molar-refractivity contribution in [3.63, 3.8) is 0 Å². The van der Waals surface area contributed by atoms with E-state index >= 15 is 0 Å². The minimum Gasteiger partial charge on any atom is -0.385 e. The van der Waals surface area contributed by atoms with E-state index in [1.54, 1.807) is 0 Å². The number of halogens is 4. The maximum Gasteiger partial charge on any atom is 0.419 e. The molecule has 1 aliphatic heterocycles. The SMILES string of the molecule is CC(O)(CC1COCCN1)c1ccc(F)c(C(F)(F)F)c1. The summed E-state index contributed by atoms with van der Waals surface area (Å²) in [5.41, 5.74) is -2.84. The third-order valence-electron chi connectivity index (χ3n) is 3.54. The van der Waals surface area contributed by atoms with Gasteiger partial charge in [0, 0.05) is 12.6 Å². The van der Waals surface area contributed by atoms with Gasteiger partial charge in [0.1, 0.15) is 5.82 Å². The topological polar surface area (TPSA) is 41.5 Å². The standard InChI is InChI=1S/C14H17F4NO2/c1-13(20,7-10-8-21-5-4-19-10)9-2-3-12(15)11(6-9)14(16,17)18/h2-3,6,10,19-20H,4-5,7-8H2,1H3. The molecule has 0 radical (unpaired) electrons.